The Balaban J connectivity index is 1.29. The molecule has 0 bridgehead atoms. The van der Waals surface area contributed by atoms with Crippen molar-refractivity contribution in [3.8, 4) is 0 Å². The van der Waals surface area contributed by atoms with Gasteiger partial charge in [-0.2, -0.15) is 0 Å². The summed E-state index contributed by atoms with van der Waals surface area (Å²) in [5.74, 6) is 0.570. The smallest absolute Gasteiger partial charge is 0.321 e. The van der Waals surface area contributed by atoms with Crippen LogP contribution in [-0.4, -0.2) is 35.4 Å². The summed E-state index contributed by atoms with van der Waals surface area (Å²) in [5.41, 5.74) is 1.20. The number of nitrogens with zero attached hydrogens (tertiary/aromatic N) is 3. The zero-order valence-corrected chi connectivity index (χ0v) is 13.6. The van der Waals surface area contributed by atoms with E-state index in [1.807, 2.05) is 18.2 Å². The van der Waals surface area contributed by atoms with Crippen LogP contribution < -0.4 is 15.5 Å². The molecule has 1 atom stereocenters. The number of aromatic nitrogens is 2. The van der Waals surface area contributed by atoms with Gasteiger partial charge in [-0.3, -0.25) is 5.32 Å². The lowest BCUT2D eigenvalue weighted by Gasteiger charge is -2.18. The molecule has 1 aliphatic heterocycles. The minimum atomic E-state index is -0.191. The molecule has 1 aliphatic carbocycles. The van der Waals surface area contributed by atoms with Crippen molar-refractivity contribution in [1.82, 2.24) is 15.5 Å². The first-order valence-electron chi connectivity index (χ1n) is 7.99. The number of urea groups is 1. The van der Waals surface area contributed by atoms with Crippen LogP contribution in [-0.2, 0) is 0 Å². The van der Waals surface area contributed by atoms with Gasteiger partial charge in [0.15, 0.2) is 0 Å². The molecule has 0 spiro atoms. The summed E-state index contributed by atoms with van der Waals surface area (Å²) in [6.07, 6.45) is 3.34. The number of anilines is 2. The highest BCUT2D eigenvalue weighted by Crippen LogP contribution is 2.42. The topological polar surface area (TPSA) is 70.1 Å². The van der Waals surface area contributed by atoms with Crippen LogP contribution in [0, 0.1) is 0 Å². The number of nitrogens with one attached hydrogen (secondary N) is 2. The Morgan fingerprint density at radius 1 is 1.17 bits per heavy atom. The quantitative estimate of drug-likeness (QED) is 0.905. The van der Waals surface area contributed by atoms with Crippen molar-refractivity contribution < 1.29 is 4.79 Å². The first kappa shape index (κ1) is 14.4. The molecule has 1 saturated carbocycles. The number of benzene rings is 1. The molecule has 1 aromatic heterocycles. The largest absolute Gasteiger partial charge is 0.369 e. The van der Waals surface area contributed by atoms with Crippen LogP contribution in [0.1, 0.15) is 30.2 Å². The second kappa shape index (κ2) is 6.16. The van der Waals surface area contributed by atoms with Gasteiger partial charge in [-0.25, -0.2) is 4.79 Å². The van der Waals surface area contributed by atoms with Crippen molar-refractivity contribution >= 4 is 28.2 Å². The summed E-state index contributed by atoms with van der Waals surface area (Å²) in [6.45, 7) is 1.79. The summed E-state index contributed by atoms with van der Waals surface area (Å²) in [5, 5.41) is 15.6. The summed E-state index contributed by atoms with van der Waals surface area (Å²) in [7, 11) is 0. The Labute approximate surface area is 138 Å². The van der Waals surface area contributed by atoms with Crippen LogP contribution in [0.4, 0.5) is 15.6 Å². The summed E-state index contributed by atoms with van der Waals surface area (Å²) in [4.78, 5) is 14.4. The van der Waals surface area contributed by atoms with Gasteiger partial charge < -0.3 is 10.2 Å². The van der Waals surface area contributed by atoms with Gasteiger partial charge in [-0.05, 0) is 31.4 Å². The predicted molar refractivity (Wildman–Crippen MR) is 91.1 cm³/mol. The van der Waals surface area contributed by atoms with Gasteiger partial charge in [-0.15, -0.1) is 10.2 Å². The van der Waals surface area contributed by atoms with E-state index in [2.05, 4.69) is 37.9 Å². The van der Waals surface area contributed by atoms with E-state index in [1.165, 1.54) is 29.9 Å². The fraction of sp³-hybridized carbons (Fsp3) is 0.438. The highest BCUT2D eigenvalue weighted by atomic mass is 32.1. The molecule has 6 nitrogen and oxygen atoms in total. The van der Waals surface area contributed by atoms with Gasteiger partial charge in [0.25, 0.3) is 0 Å². The van der Waals surface area contributed by atoms with Gasteiger partial charge in [-0.1, -0.05) is 29.5 Å². The molecule has 1 aromatic carbocycles. The first-order valence-corrected chi connectivity index (χ1v) is 8.80. The maximum Gasteiger partial charge on any atom is 0.321 e. The zero-order chi connectivity index (χ0) is 15.6. The molecule has 23 heavy (non-hydrogen) atoms. The fourth-order valence-corrected chi connectivity index (χ4v) is 3.76. The molecule has 120 valence electrons. The molecule has 0 radical (unpaired) electrons. The Morgan fingerprint density at radius 3 is 2.78 bits per heavy atom. The van der Waals surface area contributed by atoms with Crippen molar-refractivity contribution in [1.29, 1.82) is 0 Å². The highest BCUT2D eigenvalue weighted by Gasteiger charge is 2.28. The molecule has 2 heterocycles. The van der Waals surface area contributed by atoms with E-state index in [1.54, 1.807) is 0 Å². The number of carbonyl (C=O) groups is 1. The second-order valence-corrected chi connectivity index (χ2v) is 7.09. The standard InChI is InChI=1S/C16H19N5OS/c22-15(18-16-20-19-14(23-16)11-6-7-11)17-12-8-9-21(10-12)13-4-2-1-3-5-13/h1-5,11-12H,6-10H2,(H2,17,18,20,22). The monoisotopic (exact) mass is 329 g/mol. The average Bonchev–Trinajstić information content (AvgIpc) is 3.14. The Kier molecular flexibility index (Phi) is 3.87. The lowest BCUT2D eigenvalue weighted by Crippen LogP contribution is -2.39. The fourth-order valence-electron chi connectivity index (χ4n) is 2.85. The zero-order valence-electron chi connectivity index (χ0n) is 12.7. The molecule has 4 rings (SSSR count). The predicted octanol–water partition coefficient (Wildman–Crippen LogP) is 2.82. The van der Waals surface area contributed by atoms with Crippen LogP contribution in [0.15, 0.2) is 30.3 Å². The minimum absolute atomic E-state index is 0.158. The molecule has 2 amide bonds. The third-order valence-corrected chi connectivity index (χ3v) is 5.23. The Bertz CT molecular complexity index is 685. The molecule has 7 heteroatoms. The number of rotatable bonds is 4. The number of hydrogen-bond acceptors (Lipinski definition) is 5. The van der Waals surface area contributed by atoms with Gasteiger partial charge in [0.05, 0.1) is 0 Å². The molecule has 1 saturated heterocycles. The third-order valence-electron chi connectivity index (χ3n) is 4.23. The van der Waals surface area contributed by atoms with Crippen molar-refractivity contribution in [3.63, 3.8) is 0 Å². The highest BCUT2D eigenvalue weighted by molar-refractivity contribution is 7.15. The van der Waals surface area contributed by atoms with Crippen LogP contribution in [0.5, 0.6) is 0 Å². The maximum atomic E-state index is 12.1. The number of hydrogen-bond donors (Lipinski definition) is 2. The molecular formula is C16H19N5OS. The van der Waals surface area contributed by atoms with E-state index in [4.69, 9.17) is 0 Å². The SMILES string of the molecule is O=C(Nc1nnc(C2CC2)s1)NC1CCN(c2ccccc2)C1. The van der Waals surface area contributed by atoms with Gasteiger partial charge >= 0.3 is 6.03 Å². The minimum Gasteiger partial charge on any atom is -0.369 e. The van der Waals surface area contributed by atoms with Gasteiger partial charge in [0, 0.05) is 30.7 Å². The van der Waals surface area contributed by atoms with Crippen molar-refractivity contribution in [2.45, 2.75) is 31.2 Å². The van der Waals surface area contributed by atoms with Gasteiger partial charge in [0.1, 0.15) is 5.01 Å². The molecule has 2 N–H and O–H groups in total. The van der Waals surface area contributed by atoms with Crippen LogP contribution in [0.2, 0.25) is 0 Å². The summed E-state index contributed by atoms with van der Waals surface area (Å²) >= 11 is 1.48. The normalized spacial score (nSPS) is 20.5. The van der Waals surface area contributed by atoms with Crippen LogP contribution in [0.3, 0.4) is 0 Å². The summed E-state index contributed by atoms with van der Waals surface area (Å²) < 4.78 is 0. The molecule has 2 aliphatic rings. The van der Waals surface area contributed by atoms with E-state index in [9.17, 15) is 4.79 Å². The number of amides is 2. The van der Waals surface area contributed by atoms with E-state index < -0.39 is 0 Å². The maximum absolute atomic E-state index is 12.1. The van der Waals surface area contributed by atoms with E-state index in [0.29, 0.717) is 11.0 Å². The number of carbonyl (C=O) groups excluding carboxylic acids is 1. The van der Waals surface area contributed by atoms with E-state index in [0.717, 1.165) is 24.5 Å². The first-order chi connectivity index (χ1) is 11.3. The van der Waals surface area contributed by atoms with Crippen molar-refractivity contribution in [3.05, 3.63) is 35.3 Å². The van der Waals surface area contributed by atoms with Crippen LogP contribution >= 0.6 is 11.3 Å². The average molecular weight is 329 g/mol. The van der Waals surface area contributed by atoms with E-state index in [-0.39, 0.29) is 12.1 Å². The Morgan fingerprint density at radius 2 is 2.00 bits per heavy atom. The Hall–Kier alpha value is -2.15. The number of para-hydroxylation sites is 1. The second-order valence-electron chi connectivity index (χ2n) is 6.09. The lowest BCUT2D eigenvalue weighted by molar-refractivity contribution is 0.249. The molecular weight excluding hydrogens is 310 g/mol. The molecule has 1 unspecified atom stereocenters. The van der Waals surface area contributed by atoms with Crippen molar-refractivity contribution in [2.75, 3.05) is 23.3 Å². The van der Waals surface area contributed by atoms with Crippen LogP contribution in [0.25, 0.3) is 0 Å². The third kappa shape index (κ3) is 3.44. The lowest BCUT2D eigenvalue weighted by atomic mass is 10.3. The molecule has 2 aromatic rings. The summed E-state index contributed by atoms with van der Waals surface area (Å²) in [6, 6.07) is 10.3. The molecule has 2 fully saturated rings. The van der Waals surface area contributed by atoms with Crippen molar-refractivity contribution in [2.24, 2.45) is 0 Å². The van der Waals surface area contributed by atoms with E-state index >= 15 is 0 Å². The van der Waals surface area contributed by atoms with Gasteiger partial charge in [0.2, 0.25) is 5.13 Å².